The molecule has 1 saturated heterocycles. The summed E-state index contributed by atoms with van der Waals surface area (Å²) in [5.74, 6) is -0.00169. The molecular formula is C29H30N4O2. The molecular weight excluding hydrogens is 436 g/mol. The number of nitriles is 1. The zero-order chi connectivity index (χ0) is 24.5. The predicted octanol–water partition coefficient (Wildman–Crippen LogP) is 3.87. The molecule has 0 unspecified atom stereocenters. The van der Waals surface area contributed by atoms with E-state index in [0.717, 1.165) is 25.1 Å². The van der Waals surface area contributed by atoms with Crippen LogP contribution in [0.25, 0.3) is 0 Å². The lowest BCUT2D eigenvalue weighted by molar-refractivity contribution is -0.128. The van der Waals surface area contributed by atoms with Gasteiger partial charge in [0.2, 0.25) is 0 Å². The number of nitrogens with one attached hydrogen (secondary N) is 1. The molecule has 0 aliphatic carbocycles. The Labute approximate surface area is 206 Å². The van der Waals surface area contributed by atoms with Gasteiger partial charge >= 0.3 is 0 Å². The molecule has 0 aromatic heterocycles. The van der Waals surface area contributed by atoms with Gasteiger partial charge in [0, 0.05) is 38.9 Å². The minimum absolute atomic E-state index is 0.117. The first-order valence-corrected chi connectivity index (χ1v) is 11.9. The van der Waals surface area contributed by atoms with E-state index in [4.69, 9.17) is 0 Å². The molecule has 0 saturated carbocycles. The van der Waals surface area contributed by atoms with Crippen LogP contribution in [0.3, 0.4) is 0 Å². The number of phenols is 1. The molecule has 0 radical (unpaired) electrons. The van der Waals surface area contributed by atoms with Gasteiger partial charge in [-0.2, -0.15) is 5.26 Å². The lowest BCUT2D eigenvalue weighted by Crippen LogP contribution is -2.50. The van der Waals surface area contributed by atoms with Crippen molar-refractivity contribution in [1.29, 1.82) is 5.26 Å². The molecule has 3 aromatic carbocycles. The van der Waals surface area contributed by atoms with Crippen LogP contribution in [0.1, 0.15) is 22.7 Å². The largest absolute Gasteiger partial charge is 0.508 e. The molecule has 0 spiro atoms. The van der Waals surface area contributed by atoms with Crippen LogP contribution >= 0.6 is 0 Å². The summed E-state index contributed by atoms with van der Waals surface area (Å²) in [4.78, 5) is 17.2. The van der Waals surface area contributed by atoms with Crippen LogP contribution in [-0.2, 0) is 11.2 Å². The number of nitrogens with zero attached hydrogens (tertiary/aromatic N) is 3. The van der Waals surface area contributed by atoms with E-state index >= 15 is 0 Å². The highest BCUT2D eigenvalue weighted by Crippen LogP contribution is 2.29. The maximum Gasteiger partial charge on any atom is 0.266 e. The number of aromatic hydroxyl groups is 1. The Morgan fingerprint density at radius 3 is 2.03 bits per heavy atom. The Kier molecular flexibility index (Phi) is 8.16. The highest BCUT2D eigenvalue weighted by molar-refractivity contribution is 5.97. The summed E-state index contributed by atoms with van der Waals surface area (Å²) >= 11 is 0. The van der Waals surface area contributed by atoms with Gasteiger partial charge in [-0.15, -0.1) is 0 Å². The highest BCUT2D eigenvalue weighted by atomic mass is 16.3. The summed E-state index contributed by atoms with van der Waals surface area (Å²) in [6.07, 6.45) is 2.24. The number of hydrogen-bond donors (Lipinski definition) is 2. The zero-order valence-electron chi connectivity index (χ0n) is 19.7. The fraction of sp³-hybridized carbons (Fsp3) is 0.241. The number of rotatable bonds is 8. The number of hydrogen-bond acceptors (Lipinski definition) is 5. The van der Waals surface area contributed by atoms with Crippen LogP contribution < -0.4 is 5.32 Å². The van der Waals surface area contributed by atoms with Crippen molar-refractivity contribution in [2.24, 2.45) is 0 Å². The quantitative estimate of drug-likeness (QED) is 0.299. The summed E-state index contributed by atoms with van der Waals surface area (Å²) in [5, 5.41) is 22.0. The second-order valence-corrected chi connectivity index (χ2v) is 8.59. The molecule has 3 aromatic rings. The van der Waals surface area contributed by atoms with E-state index in [-0.39, 0.29) is 23.3 Å². The van der Waals surface area contributed by atoms with Crippen molar-refractivity contribution >= 4 is 5.91 Å². The number of amides is 1. The molecule has 0 bridgehead atoms. The van der Waals surface area contributed by atoms with E-state index in [1.165, 1.54) is 17.3 Å². The fourth-order valence-corrected chi connectivity index (χ4v) is 4.43. The van der Waals surface area contributed by atoms with Crippen LogP contribution in [0.4, 0.5) is 0 Å². The lowest BCUT2D eigenvalue weighted by atomic mass is 9.96. The molecule has 35 heavy (non-hydrogen) atoms. The van der Waals surface area contributed by atoms with Crippen molar-refractivity contribution in [2.75, 3.05) is 32.7 Å². The van der Waals surface area contributed by atoms with E-state index in [1.807, 2.05) is 24.3 Å². The van der Waals surface area contributed by atoms with Gasteiger partial charge in [0.1, 0.15) is 17.4 Å². The van der Waals surface area contributed by atoms with Crippen molar-refractivity contribution in [2.45, 2.75) is 12.5 Å². The standard InChI is InChI=1S/C29H30N4O2/c30-21-26(22-31-16-15-23-11-13-27(34)14-12-23)29(35)33-19-17-32(18-20-33)28(24-7-3-1-4-8-24)25-9-5-2-6-10-25/h1-14,22,28,31,34H,15-20H2/b26-22-. The molecule has 1 fully saturated rings. The van der Waals surface area contributed by atoms with Crippen molar-refractivity contribution < 1.29 is 9.90 Å². The topological polar surface area (TPSA) is 79.6 Å². The van der Waals surface area contributed by atoms with Crippen molar-refractivity contribution in [3.05, 3.63) is 113 Å². The minimum Gasteiger partial charge on any atom is -0.508 e. The molecule has 2 N–H and O–H groups in total. The minimum atomic E-state index is -0.236. The van der Waals surface area contributed by atoms with E-state index in [2.05, 4.69) is 64.8 Å². The second kappa shape index (κ2) is 11.9. The van der Waals surface area contributed by atoms with Gasteiger partial charge in [0.25, 0.3) is 5.91 Å². The second-order valence-electron chi connectivity index (χ2n) is 8.59. The highest BCUT2D eigenvalue weighted by Gasteiger charge is 2.29. The Hall–Kier alpha value is -4.08. The van der Waals surface area contributed by atoms with Gasteiger partial charge < -0.3 is 15.3 Å². The predicted molar refractivity (Wildman–Crippen MR) is 136 cm³/mol. The molecule has 1 aliphatic heterocycles. The van der Waals surface area contributed by atoms with Crippen LogP contribution in [-0.4, -0.2) is 53.5 Å². The SMILES string of the molecule is N#C/C(=C/NCCc1ccc(O)cc1)C(=O)N1CCN(C(c2ccccc2)c2ccccc2)CC1. The van der Waals surface area contributed by atoms with Crippen molar-refractivity contribution in [3.8, 4) is 11.8 Å². The van der Waals surface area contributed by atoms with E-state index < -0.39 is 0 Å². The van der Waals surface area contributed by atoms with Gasteiger partial charge in [-0.1, -0.05) is 72.8 Å². The summed E-state index contributed by atoms with van der Waals surface area (Å²) in [6.45, 7) is 3.19. The van der Waals surface area contributed by atoms with Gasteiger partial charge in [0.15, 0.2) is 0 Å². The normalized spacial score (nSPS) is 14.5. The monoisotopic (exact) mass is 466 g/mol. The first kappa shape index (κ1) is 24.1. The number of piperazine rings is 1. The maximum absolute atomic E-state index is 13.0. The molecule has 0 atom stereocenters. The average molecular weight is 467 g/mol. The van der Waals surface area contributed by atoms with Crippen LogP contribution in [0.5, 0.6) is 5.75 Å². The maximum atomic E-state index is 13.0. The Balaban J connectivity index is 1.35. The number of carbonyl (C=O) groups is 1. The number of benzene rings is 3. The van der Waals surface area contributed by atoms with Gasteiger partial charge in [-0.25, -0.2) is 0 Å². The van der Waals surface area contributed by atoms with Crippen LogP contribution in [0.15, 0.2) is 96.7 Å². The van der Waals surface area contributed by atoms with Gasteiger partial charge in [-0.3, -0.25) is 9.69 Å². The van der Waals surface area contributed by atoms with Gasteiger partial charge in [-0.05, 0) is 35.2 Å². The molecule has 1 aliphatic rings. The Morgan fingerprint density at radius 2 is 1.49 bits per heavy atom. The number of phenolic OH excluding ortho intramolecular Hbond substituents is 1. The number of carbonyl (C=O) groups excluding carboxylic acids is 1. The third kappa shape index (κ3) is 6.28. The summed E-state index contributed by atoms with van der Waals surface area (Å²) < 4.78 is 0. The molecule has 4 rings (SSSR count). The first-order chi connectivity index (χ1) is 17.2. The molecule has 6 nitrogen and oxygen atoms in total. The van der Waals surface area contributed by atoms with Crippen LogP contribution in [0, 0.1) is 11.3 Å². The third-order valence-electron chi connectivity index (χ3n) is 6.29. The molecule has 178 valence electrons. The lowest BCUT2D eigenvalue weighted by Gasteiger charge is -2.39. The van der Waals surface area contributed by atoms with Crippen molar-refractivity contribution in [1.82, 2.24) is 15.1 Å². The Morgan fingerprint density at radius 1 is 0.914 bits per heavy atom. The first-order valence-electron chi connectivity index (χ1n) is 11.9. The van der Waals surface area contributed by atoms with E-state index in [1.54, 1.807) is 17.0 Å². The molecule has 1 heterocycles. The molecule has 1 amide bonds. The van der Waals surface area contributed by atoms with Crippen molar-refractivity contribution in [3.63, 3.8) is 0 Å². The summed E-state index contributed by atoms with van der Waals surface area (Å²) in [6, 6.07) is 30.1. The van der Waals surface area contributed by atoms with E-state index in [9.17, 15) is 15.2 Å². The zero-order valence-corrected chi connectivity index (χ0v) is 19.7. The van der Waals surface area contributed by atoms with E-state index in [0.29, 0.717) is 19.6 Å². The van der Waals surface area contributed by atoms with Crippen LogP contribution in [0.2, 0.25) is 0 Å². The smallest absolute Gasteiger partial charge is 0.266 e. The van der Waals surface area contributed by atoms with Gasteiger partial charge in [0.05, 0.1) is 6.04 Å². The fourth-order valence-electron chi connectivity index (χ4n) is 4.43. The molecule has 6 heteroatoms. The third-order valence-corrected chi connectivity index (χ3v) is 6.29. The summed E-state index contributed by atoms with van der Waals surface area (Å²) in [7, 11) is 0. The Bertz CT molecular complexity index is 1120. The summed E-state index contributed by atoms with van der Waals surface area (Å²) in [5.41, 5.74) is 3.64. The average Bonchev–Trinajstić information content (AvgIpc) is 2.91.